The monoisotopic (exact) mass is 341 g/mol. The molecule has 2 N–H and O–H groups in total. The van der Waals surface area contributed by atoms with Gasteiger partial charge in [-0.25, -0.2) is 14.8 Å². The SMILES string of the molecule is CCc1ccc(NC(=O)NCc2ccnc(N3CCOCC3)n2)cc1. The van der Waals surface area contributed by atoms with E-state index in [1.807, 2.05) is 24.3 Å². The van der Waals surface area contributed by atoms with Crippen LogP contribution in [0.2, 0.25) is 0 Å². The minimum absolute atomic E-state index is 0.254. The van der Waals surface area contributed by atoms with Crippen LogP contribution in [0.15, 0.2) is 36.5 Å². The van der Waals surface area contributed by atoms with E-state index >= 15 is 0 Å². The second kappa shape index (κ2) is 8.43. The first-order valence-electron chi connectivity index (χ1n) is 8.53. The predicted molar refractivity (Wildman–Crippen MR) is 96.7 cm³/mol. The average molecular weight is 341 g/mol. The Balaban J connectivity index is 1.52. The molecule has 1 saturated heterocycles. The van der Waals surface area contributed by atoms with Crippen LogP contribution in [-0.4, -0.2) is 42.3 Å². The lowest BCUT2D eigenvalue weighted by atomic mass is 10.1. The van der Waals surface area contributed by atoms with Gasteiger partial charge in [-0.15, -0.1) is 0 Å². The van der Waals surface area contributed by atoms with Crippen molar-refractivity contribution in [1.29, 1.82) is 0 Å². The highest BCUT2D eigenvalue weighted by Crippen LogP contribution is 2.11. The Labute approximate surface area is 147 Å². The summed E-state index contributed by atoms with van der Waals surface area (Å²) in [5, 5.41) is 5.64. The zero-order chi connectivity index (χ0) is 17.5. The van der Waals surface area contributed by atoms with Crippen molar-refractivity contribution in [2.45, 2.75) is 19.9 Å². The Morgan fingerprint density at radius 2 is 1.96 bits per heavy atom. The molecule has 2 heterocycles. The number of morpholine rings is 1. The van der Waals surface area contributed by atoms with E-state index in [0.717, 1.165) is 30.9 Å². The van der Waals surface area contributed by atoms with E-state index in [2.05, 4.69) is 32.4 Å². The van der Waals surface area contributed by atoms with Gasteiger partial charge in [0.25, 0.3) is 0 Å². The summed E-state index contributed by atoms with van der Waals surface area (Å²) in [6.07, 6.45) is 2.70. The molecule has 1 aromatic heterocycles. The third-order valence-corrected chi connectivity index (χ3v) is 4.04. The first kappa shape index (κ1) is 17.2. The topological polar surface area (TPSA) is 79.4 Å². The standard InChI is InChI=1S/C18H23N5O2/c1-2-14-3-5-15(6-4-14)22-18(24)20-13-16-7-8-19-17(21-16)23-9-11-25-12-10-23/h3-8H,2,9-13H2,1H3,(H2,20,22,24). The molecule has 0 saturated carbocycles. The Hall–Kier alpha value is -2.67. The molecule has 0 radical (unpaired) electrons. The van der Waals surface area contributed by atoms with Crippen LogP contribution in [0.4, 0.5) is 16.4 Å². The van der Waals surface area contributed by atoms with Gasteiger partial charge in [0.1, 0.15) is 0 Å². The molecule has 1 aromatic carbocycles. The molecular formula is C18H23N5O2. The first-order chi connectivity index (χ1) is 12.2. The van der Waals surface area contributed by atoms with Gasteiger partial charge >= 0.3 is 6.03 Å². The summed E-state index contributed by atoms with van der Waals surface area (Å²) in [5.41, 5.74) is 2.78. The van der Waals surface area contributed by atoms with E-state index in [-0.39, 0.29) is 6.03 Å². The molecule has 0 spiro atoms. The number of nitrogens with one attached hydrogen (secondary N) is 2. The second-order valence-electron chi connectivity index (χ2n) is 5.81. The number of hydrogen-bond donors (Lipinski definition) is 2. The molecule has 1 fully saturated rings. The van der Waals surface area contributed by atoms with Crippen LogP contribution in [0.5, 0.6) is 0 Å². The van der Waals surface area contributed by atoms with Crippen molar-refractivity contribution in [1.82, 2.24) is 15.3 Å². The van der Waals surface area contributed by atoms with Crippen molar-refractivity contribution in [3.8, 4) is 0 Å². The number of hydrogen-bond acceptors (Lipinski definition) is 5. The summed E-state index contributed by atoms with van der Waals surface area (Å²) in [5.74, 6) is 0.679. The van der Waals surface area contributed by atoms with Crippen molar-refractivity contribution in [3.63, 3.8) is 0 Å². The summed E-state index contributed by atoms with van der Waals surface area (Å²) < 4.78 is 5.34. The number of rotatable bonds is 5. The predicted octanol–water partition coefficient (Wildman–Crippen LogP) is 2.20. The molecule has 2 aromatic rings. The molecule has 1 aliphatic heterocycles. The lowest BCUT2D eigenvalue weighted by molar-refractivity contribution is 0.122. The summed E-state index contributed by atoms with van der Waals surface area (Å²) in [6, 6.07) is 9.37. The number of urea groups is 1. The molecule has 0 aliphatic carbocycles. The fraction of sp³-hybridized carbons (Fsp3) is 0.389. The van der Waals surface area contributed by atoms with Crippen molar-refractivity contribution < 1.29 is 9.53 Å². The first-order valence-corrected chi connectivity index (χ1v) is 8.53. The number of anilines is 2. The Morgan fingerprint density at radius 1 is 1.20 bits per heavy atom. The van der Waals surface area contributed by atoms with Gasteiger partial charge in [0.05, 0.1) is 25.5 Å². The lowest BCUT2D eigenvalue weighted by Gasteiger charge is -2.26. The molecule has 132 valence electrons. The zero-order valence-corrected chi connectivity index (χ0v) is 14.4. The second-order valence-corrected chi connectivity index (χ2v) is 5.81. The largest absolute Gasteiger partial charge is 0.378 e. The lowest BCUT2D eigenvalue weighted by Crippen LogP contribution is -2.37. The van der Waals surface area contributed by atoms with E-state index in [1.165, 1.54) is 5.56 Å². The molecule has 7 heteroatoms. The third kappa shape index (κ3) is 4.90. The van der Waals surface area contributed by atoms with Crippen LogP contribution in [0, 0.1) is 0 Å². The van der Waals surface area contributed by atoms with Gasteiger partial charge in [-0.05, 0) is 30.2 Å². The Kier molecular flexibility index (Phi) is 5.79. The van der Waals surface area contributed by atoms with Crippen LogP contribution >= 0.6 is 0 Å². The quantitative estimate of drug-likeness (QED) is 0.871. The summed E-state index contributed by atoms with van der Waals surface area (Å²) in [6.45, 7) is 5.38. The summed E-state index contributed by atoms with van der Waals surface area (Å²) in [7, 11) is 0. The van der Waals surface area contributed by atoms with E-state index in [0.29, 0.717) is 25.7 Å². The van der Waals surface area contributed by atoms with Gasteiger partial charge in [0.2, 0.25) is 5.95 Å². The number of aromatic nitrogens is 2. The molecule has 0 atom stereocenters. The van der Waals surface area contributed by atoms with Gasteiger partial charge in [0, 0.05) is 25.0 Å². The van der Waals surface area contributed by atoms with Crippen molar-refractivity contribution in [3.05, 3.63) is 47.8 Å². The van der Waals surface area contributed by atoms with E-state index in [1.54, 1.807) is 12.3 Å². The summed E-state index contributed by atoms with van der Waals surface area (Å²) in [4.78, 5) is 22.9. The van der Waals surface area contributed by atoms with Crippen molar-refractivity contribution >= 4 is 17.7 Å². The number of carbonyl (C=O) groups is 1. The normalized spacial score (nSPS) is 14.2. The number of aryl methyl sites for hydroxylation is 1. The summed E-state index contributed by atoms with van der Waals surface area (Å²) >= 11 is 0. The highest BCUT2D eigenvalue weighted by atomic mass is 16.5. The maximum absolute atomic E-state index is 12.0. The van der Waals surface area contributed by atoms with E-state index < -0.39 is 0 Å². The molecule has 7 nitrogen and oxygen atoms in total. The van der Waals surface area contributed by atoms with Gasteiger partial charge in [-0.1, -0.05) is 19.1 Å². The molecule has 25 heavy (non-hydrogen) atoms. The molecule has 0 bridgehead atoms. The smallest absolute Gasteiger partial charge is 0.319 e. The minimum Gasteiger partial charge on any atom is -0.378 e. The third-order valence-electron chi connectivity index (χ3n) is 4.04. The van der Waals surface area contributed by atoms with Crippen molar-refractivity contribution in [2.75, 3.05) is 36.5 Å². The number of carbonyl (C=O) groups excluding carboxylic acids is 1. The van der Waals surface area contributed by atoms with E-state index in [9.17, 15) is 4.79 Å². The highest BCUT2D eigenvalue weighted by Gasteiger charge is 2.14. The fourth-order valence-electron chi connectivity index (χ4n) is 2.57. The van der Waals surface area contributed by atoms with Crippen LogP contribution < -0.4 is 15.5 Å². The maximum Gasteiger partial charge on any atom is 0.319 e. The van der Waals surface area contributed by atoms with Crippen LogP contribution in [0.3, 0.4) is 0 Å². The minimum atomic E-state index is -0.254. The number of benzene rings is 1. The van der Waals surface area contributed by atoms with Gasteiger partial charge in [0.15, 0.2) is 0 Å². The van der Waals surface area contributed by atoms with Crippen LogP contribution in [-0.2, 0) is 17.7 Å². The number of ether oxygens (including phenoxy) is 1. The molecule has 2 amide bonds. The Bertz CT molecular complexity index is 699. The van der Waals surface area contributed by atoms with Crippen LogP contribution in [0.25, 0.3) is 0 Å². The van der Waals surface area contributed by atoms with Gasteiger partial charge in [-0.2, -0.15) is 0 Å². The molecule has 3 rings (SSSR count). The average Bonchev–Trinajstić information content (AvgIpc) is 2.68. The van der Waals surface area contributed by atoms with E-state index in [4.69, 9.17) is 4.74 Å². The number of nitrogens with zero attached hydrogens (tertiary/aromatic N) is 3. The highest BCUT2D eigenvalue weighted by molar-refractivity contribution is 5.89. The van der Waals surface area contributed by atoms with Gasteiger partial charge < -0.3 is 20.3 Å². The Morgan fingerprint density at radius 3 is 2.68 bits per heavy atom. The van der Waals surface area contributed by atoms with Crippen molar-refractivity contribution in [2.24, 2.45) is 0 Å². The zero-order valence-electron chi connectivity index (χ0n) is 14.4. The van der Waals surface area contributed by atoms with Crippen LogP contribution in [0.1, 0.15) is 18.2 Å². The molecule has 1 aliphatic rings. The van der Waals surface area contributed by atoms with Gasteiger partial charge in [-0.3, -0.25) is 0 Å². The number of amides is 2. The maximum atomic E-state index is 12.0. The molecular weight excluding hydrogens is 318 g/mol. The fourth-order valence-corrected chi connectivity index (χ4v) is 2.57. The molecule has 0 unspecified atom stereocenters.